The molecule has 128 valence electrons. The van der Waals surface area contributed by atoms with Gasteiger partial charge in [-0.05, 0) is 31.0 Å². The molecule has 1 aromatic heterocycles. The van der Waals surface area contributed by atoms with E-state index in [-0.39, 0.29) is 18.5 Å². The largest absolute Gasteiger partial charge is 0.469 e. The molecule has 7 heteroatoms. The zero-order chi connectivity index (χ0) is 17.5. The zero-order valence-electron chi connectivity index (χ0n) is 12.9. The van der Waals surface area contributed by atoms with Crippen molar-refractivity contribution < 1.29 is 27.5 Å². The van der Waals surface area contributed by atoms with Crippen molar-refractivity contribution in [2.24, 2.45) is 0 Å². The van der Waals surface area contributed by atoms with E-state index in [9.17, 15) is 23.1 Å². The second kappa shape index (κ2) is 5.98. The third-order valence-electron chi connectivity index (χ3n) is 4.25. The number of aryl methyl sites for hydroxylation is 1. The van der Waals surface area contributed by atoms with E-state index in [4.69, 9.17) is 4.42 Å². The van der Waals surface area contributed by atoms with Crippen LogP contribution in [0, 0.1) is 6.92 Å². The topological polar surface area (TPSA) is 53.7 Å². The highest BCUT2D eigenvalue weighted by Gasteiger charge is 2.41. The van der Waals surface area contributed by atoms with Gasteiger partial charge in [0.05, 0.1) is 29.5 Å². The standard InChI is InChI=1S/C17H16F3NO3/c1-10-12(6-7-24-10)16(23)21-9-11(22)8-15(21)13-4-2-3-5-14(13)17(18,19)20/h2-7,11,15,22H,8-9H2,1H3/t11-,15+/m1/s1. The number of furan rings is 1. The van der Waals surface area contributed by atoms with Crippen LogP contribution in [0.25, 0.3) is 0 Å². The molecule has 24 heavy (non-hydrogen) atoms. The van der Waals surface area contributed by atoms with E-state index in [2.05, 4.69) is 0 Å². The van der Waals surface area contributed by atoms with Crippen molar-refractivity contribution in [3.8, 4) is 0 Å². The Morgan fingerprint density at radius 3 is 2.62 bits per heavy atom. The van der Waals surface area contributed by atoms with E-state index in [1.807, 2.05) is 0 Å². The van der Waals surface area contributed by atoms with Gasteiger partial charge in [0.25, 0.3) is 5.91 Å². The number of alkyl halides is 3. The number of nitrogens with zero attached hydrogens (tertiary/aromatic N) is 1. The molecule has 0 saturated carbocycles. The second-order valence-corrected chi connectivity index (χ2v) is 5.84. The van der Waals surface area contributed by atoms with Crippen LogP contribution >= 0.6 is 0 Å². The van der Waals surface area contributed by atoms with Gasteiger partial charge in [-0.2, -0.15) is 13.2 Å². The molecule has 1 amide bonds. The molecular formula is C17H16F3NO3. The summed E-state index contributed by atoms with van der Waals surface area (Å²) in [6.45, 7) is 1.60. The summed E-state index contributed by atoms with van der Waals surface area (Å²) in [5.74, 6) is -0.0518. The molecule has 4 nitrogen and oxygen atoms in total. The fourth-order valence-corrected chi connectivity index (χ4v) is 3.14. The van der Waals surface area contributed by atoms with Crippen LogP contribution in [0.3, 0.4) is 0 Å². The molecule has 1 N–H and O–H groups in total. The highest BCUT2D eigenvalue weighted by molar-refractivity contribution is 5.95. The molecular weight excluding hydrogens is 323 g/mol. The number of carbonyl (C=O) groups excluding carboxylic acids is 1. The Morgan fingerprint density at radius 1 is 1.29 bits per heavy atom. The lowest BCUT2D eigenvalue weighted by Gasteiger charge is -2.27. The Bertz CT molecular complexity index is 754. The van der Waals surface area contributed by atoms with Crippen LogP contribution in [0.4, 0.5) is 13.2 Å². The molecule has 3 rings (SSSR count). The Labute approximate surface area is 136 Å². The Kier molecular flexibility index (Phi) is 4.13. The first-order valence-corrected chi connectivity index (χ1v) is 7.48. The van der Waals surface area contributed by atoms with E-state index in [0.29, 0.717) is 11.3 Å². The third-order valence-corrected chi connectivity index (χ3v) is 4.25. The average molecular weight is 339 g/mol. The first-order valence-electron chi connectivity index (χ1n) is 7.48. The summed E-state index contributed by atoms with van der Waals surface area (Å²) in [6.07, 6.45) is -3.97. The van der Waals surface area contributed by atoms with Crippen LogP contribution in [0.5, 0.6) is 0 Å². The molecule has 1 saturated heterocycles. The molecule has 0 unspecified atom stereocenters. The smallest absolute Gasteiger partial charge is 0.416 e. The summed E-state index contributed by atoms with van der Waals surface area (Å²) in [7, 11) is 0. The summed E-state index contributed by atoms with van der Waals surface area (Å²) in [5, 5.41) is 9.94. The lowest BCUT2D eigenvalue weighted by molar-refractivity contribution is -0.138. The normalized spacial score (nSPS) is 21.3. The molecule has 0 bridgehead atoms. The van der Waals surface area contributed by atoms with Crippen molar-refractivity contribution >= 4 is 5.91 Å². The van der Waals surface area contributed by atoms with E-state index in [1.165, 1.54) is 35.4 Å². The van der Waals surface area contributed by atoms with E-state index >= 15 is 0 Å². The highest BCUT2D eigenvalue weighted by Crippen LogP contribution is 2.41. The molecule has 2 atom stereocenters. The quantitative estimate of drug-likeness (QED) is 0.910. The summed E-state index contributed by atoms with van der Waals surface area (Å²) < 4.78 is 45.0. The number of aliphatic hydroxyl groups excluding tert-OH is 1. The van der Waals surface area contributed by atoms with Crippen LogP contribution in [0.1, 0.15) is 39.7 Å². The maximum absolute atomic E-state index is 13.3. The predicted octanol–water partition coefficient (Wildman–Crippen LogP) is 3.55. The van der Waals surface area contributed by atoms with Crippen molar-refractivity contribution in [2.45, 2.75) is 31.7 Å². The van der Waals surface area contributed by atoms with Crippen molar-refractivity contribution in [3.63, 3.8) is 0 Å². The number of carbonyl (C=O) groups is 1. The van der Waals surface area contributed by atoms with Gasteiger partial charge in [0.1, 0.15) is 5.76 Å². The average Bonchev–Trinajstić information content (AvgIpc) is 3.11. The fourth-order valence-electron chi connectivity index (χ4n) is 3.14. The van der Waals surface area contributed by atoms with Crippen LogP contribution in [-0.4, -0.2) is 28.6 Å². The number of likely N-dealkylation sites (tertiary alicyclic amines) is 1. The molecule has 1 aliphatic rings. The Balaban J connectivity index is 2.01. The SMILES string of the molecule is Cc1occc1C(=O)N1C[C@H](O)C[C@H]1c1ccccc1C(F)(F)F. The van der Waals surface area contributed by atoms with Gasteiger partial charge in [-0.3, -0.25) is 4.79 Å². The number of aliphatic hydroxyl groups is 1. The Hall–Kier alpha value is -2.28. The molecule has 0 aliphatic carbocycles. The molecule has 0 spiro atoms. The second-order valence-electron chi connectivity index (χ2n) is 5.84. The molecule has 2 heterocycles. The molecule has 1 aliphatic heterocycles. The van der Waals surface area contributed by atoms with E-state index < -0.39 is 29.8 Å². The number of hydrogen-bond acceptors (Lipinski definition) is 3. The molecule has 1 fully saturated rings. The number of halogens is 3. The Morgan fingerprint density at radius 2 is 2.00 bits per heavy atom. The number of β-amino-alcohol motifs (C(OH)–C–C–N with tert-alkyl or cyclic N) is 1. The molecule has 1 aromatic carbocycles. The van der Waals surface area contributed by atoms with Crippen LogP contribution < -0.4 is 0 Å². The monoisotopic (exact) mass is 339 g/mol. The molecule has 2 aromatic rings. The first kappa shape index (κ1) is 16.6. The minimum Gasteiger partial charge on any atom is -0.469 e. The van der Waals surface area contributed by atoms with Crippen LogP contribution in [-0.2, 0) is 6.18 Å². The van der Waals surface area contributed by atoms with Crippen LogP contribution in [0.15, 0.2) is 41.0 Å². The van der Waals surface area contributed by atoms with Gasteiger partial charge in [-0.1, -0.05) is 18.2 Å². The zero-order valence-corrected chi connectivity index (χ0v) is 12.9. The minimum atomic E-state index is -4.52. The van der Waals surface area contributed by atoms with Crippen LogP contribution in [0.2, 0.25) is 0 Å². The van der Waals surface area contributed by atoms with Crippen molar-refractivity contribution in [1.29, 1.82) is 0 Å². The number of amides is 1. The van der Waals surface area contributed by atoms with Crippen molar-refractivity contribution in [1.82, 2.24) is 4.90 Å². The summed E-state index contributed by atoms with van der Waals surface area (Å²) >= 11 is 0. The van der Waals surface area contributed by atoms with Crippen molar-refractivity contribution in [3.05, 3.63) is 59.0 Å². The van der Waals surface area contributed by atoms with Gasteiger partial charge in [0.2, 0.25) is 0 Å². The lowest BCUT2D eigenvalue weighted by Crippen LogP contribution is -2.32. The fraction of sp³-hybridized carbons (Fsp3) is 0.353. The summed E-state index contributed by atoms with van der Waals surface area (Å²) in [5.41, 5.74) is -0.500. The third kappa shape index (κ3) is 2.91. The van der Waals surface area contributed by atoms with Gasteiger partial charge in [0.15, 0.2) is 0 Å². The first-order chi connectivity index (χ1) is 11.3. The number of hydrogen-bond donors (Lipinski definition) is 1. The van der Waals surface area contributed by atoms with E-state index in [0.717, 1.165) is 6.07 Å². The van der Waals surface area contributed by atoms with Gasteiger partial charge in [-0.25, -0.2) is 0 Å². The summed E-state index contributed by atoms with van der Waals surface area (Å²) in [6, 6.07) is 5.81. The van der Waals surface area contributed by atoms with Gasteiger partial charge >= 0.3 is 6.18 Å². The maximum Gasteiger partial charge on any atom is 0.416 e. The molecule has 0 radical (unpaired) electrons. The maximum atomic E-state index is 13.3. The van der Waals surface area contributed by atoms with E-state index in [1.54, 1.807) is 6.92 Å². The highest BCUT2D eigenvalue weighted by atomic mass is 19.4. The van der Waals surface area contributed by atoms with Crippen molar-refractivity contribution in [2.75, 3.05) is 6.54 Å². The number of benzene rings is 1. The minimum absolute atomic E-state index is 0.00366. The number of rotatable bonds is 2. The van der Waals surface area contributed by atoms with Gasteiger partial charge < -0.3 is 14.4 Å². The summed E-state index contributed by atoms with van der Waals surface area (Å²) in [4.78, 5) is 14.0. The predicted molar refractivity (Wildman–Crippen MR) is 79.3 cm³/mol. The lowest BCUT2D eigenvalue weighted by atomic mass is 9.97. The van der Waals surface area contributed by atoms with Gasteiger partial charge in [0, 0.05) is 6.54 Å². The van der Waals surface area contributed by atoms with Gasteiger partial charge in [-0.15, -0.1) is 0 Å².